The monoisotopic (exact) mass is 298 g/mol. The first-order chi connectivity index (χ1) is 8.25. The van der Waals surface area contributed by atoms with Crippen molar-refractivity contribution >= 4 is 15.9 Å². The molecular weight excluding hydrogens is 280 g/mol. The Bertz CT molecular complexity index is 364. The smallest absolute Gasteiger partial charge is 0.213 e. The number of rotatable bonds is 4. The van der Waals surface area contributed by atoms with Crippen LogP contribution in [0.1, 0.15) is 25.0 Å². The van der Waals surface area contributed by atoms with Gasteiger partial charge in [-0.25, -0.2) is 4.98 Å². The van der Waals surface area contributed by atoms with Crippen molar-refractivity contribution in [3.05, 3.63) is 22.3 Å². The average molecular weight is 299 g/mol. The average Bonchev–Trinajstić information content (AvgIpc) is 2.35. The molecule has 0 bridgehead atoms. The maximum Gasteiger partial charge on any atom is 0.213 e. The van der Waals surface area contributed by atoms with Gasteiger partial charge in [0.15, 0.2) is 0 Å². The summed E-state index contributed by atoms with van der Waals surface area (Å²) in [5, 5.41) is 0. The molecule has 3 nitrogen and oxygen atoms in total. The third kappa shape index (κ3) is 3.96. The number of halogens is 1. The summed E-state index contributed by atoms with van der Waals surface area (Å²) < 4.78 is 6.70. The Balaban J connectivity index is 1.75. The zero-order valence-corrected chi connectivity index (χ0v) is 11.9. The maximum atomic E-state index is 5.67. The van der Waals surface area contributed by atoms with Crippen LogP contribution in [0.4, 0.5) is 0 Å². The first-order valence-corrected chi connectivity index (χ1v) is 7.03. The first-order valence-electron chi connectivity index (χ1n) is 6.24. The Morgan fingerprint density at radius 2 is 2.06 bits per heavy atom. The van der Waals surface area contributed by atoms with Gasteiger partial charge in [0, 0.05) is 17.1 Å². The molecule has 0 aromatic carbocycles. The minimum atomic E-state index is 0.725. The van der Waals surface area contributed by atoms with E-state index >= 15 is 0 Å². The van der Waals surface area contributed by atoms with Crippen molar-refractivity contribution in [2.24, 2.45) is 0 Å². The largest absolute Gasteiger partial charge is 0.476 e. The van der Waals surface area contributed by atoms with Gasteiger partial charge < -0.3 is 4.74 Å². The Morgan fingerprint density at radius 3 is 2.76 bits per heavy atom. The highest BCUT2D eigenvalue weighted by Gasteiger charge is 2.09. The quantitative estimate of drug-likeness (QED) is 0.854. The van der Waals surface area contributed by atoms with E-state index in [0.29, 0.717) is 0 Å². The van der Waals surface area contributed by atoms with Crippen LogP contribution < -0.4 is 4.74 Å². The lowest BCUT2D eigenvalue weighted by molar-refractivity contribution is 0.180. The van der Waals surface area contributed by atoms with Crippen LogP contribution >= 0.6 is 15.9 Å². The van der Waals surface area contributed by atoms with E-state index in [1.807, 2.05) is 19.1 Å². The van der Waals surface area contributed by atoms with E-state index in [1.165, 1.54) is 32.4 Å². The lowest BCUT2D eigenvalue weighted by atomic mass is 10.1. The molecule has 0 spiro atoms. The normalized spacial score (nSPS) is 17.1. The van der Waals surface area contributed by atoms with Gasteiger partial charge in [0.2, 0.25) is 5.88 Å². The highest BCUT2D eigenvalue weighted by molar-refractivity contribution is 9.10. The third-order valence-corrected chi connectivity index (χ3v) is 3.94. The fourth-order valence-corrected chi connectivity index (χ4v) is 2.28. The van der Waals surface area contributed by atoms with Gasteiger partial charge in [0.05, 0.1) is 5.69 Å². The van der Waals surface area contributed by atoms with Gasteiger partial charge in [0.1, 0.15) is 6.61 Å². The standard InChI is InChI=1S/C13H19BrN2O/c1-11-12(14)5-6-13(15-11)17-10-9-16-7-3-2-4-8-16/h5-6H,2-4,7-10H2,1H3. The number of nitrogens with zero attached hydrogens (tertiary/aromatic N) is 2. The number of hydrogen-bond donors (Lipinski definition) is 0. The van der Waals surface area contributed by atoms with E-state index in [9.17, 15) is 0 Å². The van der Waals surface area contributed by atoms with E-state index in [4.69, 9.17) is 4.74 Å². The second-order valence-corrected chi connectivity index (χ2v) is 5.32. The fraction of sp³-hybridized carbons (Fsp3) is 0.615. The van der Waals surface area contributed by atoms with Crippen molar-refractivity contribution in [3.8, 4) is 5.88 Å². The molecule has 4 heteroatoms. The van der Waals surface area contributed by atoms with Crippen molar-refractivity contribution in [1.29, 1.82) is 0 Å². The summed E-state index contributed by atoms with van der Waals surface area (Å²) in [6.07, 6.45) is 4.04. The summed E-state index contributed by atoms with van der Waals surface area (Å²) in [7, 11) is 0. The second kappa shape index (κ2) is 6.36. The number of ether oxygens (including phenoxy) is 1. The van der Waals surface area contributed by atoms with Crippen molar-refractivity contribution in [2.75, 3.05) is 26.2 Å². The van der Waals surface area contributed by atoms with Crippen LogP contribution in [-0.4, -0.2) is 36.1 Å². The minimum Gasteiger partial charge on any atom is -0.476 e. The highest BCUT2D eigenvalue weighted by atomic mass is 79.9. The van der Waals surface area contributed by atoms with Crippen LogP contribution in [0.3, 0.4) is 0 Å². The van der Waals surface area contributed by atoms with E-state index in [2.05, 4.69) is 25.8 Å². The number of piperidine rings is 1. The van der Waals surface area contributed by atoms with Crippen LogP contribution in [0.2, 0.25) is 0 Å². The molecule has 1 aromatic rings. The van der Waals surface area contributed by atoms with Gasteiger partial charge in [-0.3, -0.25) is 4.90 Å². The molecule has 0 radical (unpaired) electrons. The summed E-state index contributed by atoms with van der Waals surface area (Å²) in [5.41, 5.74) is 0.973. The SMILES string of the molecule is Cc1nc(OCCN2CCCCC2)ccc1Br. The van der Waals surface area contributed by atoms with Gasteiger partial charge in [-0.2, -0.15) is 0 Å². The zero-order chi connectivity index (χ0) is 12.1. The maximum absolute atomic E-state index is 5.67. The number of hydrogen-bond acceptors (Lipinski definition) is 3. The minimum absolute atomic E-state index is 0.725. The molecule has 2 heterocycles. The summed E-state index contributed by atoms with van der Waals surface area (Å²) in [6.45, 7) is 6.15. The summed E-state index contributed by atoms with van der Waals surface area (Å²) in [6, 6.07) is 3.89. The lowest BCUT2D eigenvalue weighted by Gasteiger charge is -2.26. The van der Waals surface area contributed by atoms with Crippen molar-refractivity contribution in [2.45, 2.75) is 26.2 Å². The Labute approximate surface area is 111 Å². The fourth-order valence-electron chi connectivity index (χ4n) is 2.06. The molecule has 1 aliphatic rings. The molecule has 1 aliphatic heterocycles. The number of aromatic nitrogens is 1. The predicted octanol–water partition coefficient (Wildman–Crippen LogP) is 3.02. The molecule has 17 heavy (non-hydrogen) atoms. The first kappa shape index (κ1) is 12.8. The summed E-state index contributed by atoms with van der Waals surface area (Å²) in [4.78, 5) is 6.84. The third-order valence-electron chi connectivity index (χ3n) is 3.10. The molecule has 0 amide bonds. The van der Waals surface area contributed by atoms with E-state index in [-0.39, 0.29) is 0 Å². The van der Waals surface area contributed by atoms with Crippen LogP contribution in [0.5, 0.6) is 5.88 Å². The molecule has 1 aromatic heterocycles. The number of likely N-dealkylation sites (tertiary alicyclic amines) is 1. The van der Waals surface area contributed by atoms with E-state index in [1.54, 1.807) is 0 Å². The van der Waals surface area contributed by atoms with Gasteiger partial charge in [-0.15, -0.1) is 0 Å². The van der Waals surface area contributed by atoms with Gasteiger partial charge >= 0.3 is 0 Å². The van der Waals surface area contributed by atoms with Gasteiger partial charge in [-0.1, -0.05) is 6.42 Å². The van der Waals surface area contributed by atoms with Gasteiger partial charge in [0.25, 0.3) is 0 Å². The number of aryl methyl sites for hydroxylation is 1. The molecule has 0 atom stereocenters. The van der Waals surface area contributed by atoms with Gasteiger partial charge in [-0.05, 0) is 54.9 Å². The second-order valence-electron chi connectivity index (χ2n) is 4.47. The predicted molar refractivity (Wildman–Crippen MR) is 72.5 cm³/mol. The Kier molecular flexibility index (Phi) is 4.80. The molecule has 0 unspecified atom stereocenters. The molecule has 2 rings (SSSR count). The molecule has 0 aliphatic carbocycles. The summed E-state index contributed by atoms with van der Waals surface area (Å²) >= 11 is 3.43. The molecular formula is C13H19BrN2O. The summed E-state index contributed by atoms with van der Waals surface area (Å²) in [5.74, 6) is 0.725. The molecule has 1 saturated heterocycles. The number of pyridine rings is 1. The van der Waals surface area contributed by atoms with Crippen molar-refractivity contribution < 1.29 is 4.74 Å². The zero-order valence-electron chi connectivity index (χ0n) is 10.3. The molecule has 0 saturated carbocycles. The van der Waals surface area contributed by atoms with Crippen LogP contribution in [0.25, 0.3) is 0 Å². The van der Waals surface area contributed by atoms with Crippen LogP contribution in [0.15, 0.2) is 16.6 Å². The van der Waals surface area contributed by atoms with Crippen molar-refractivity contribution in [3.63, 3.8) is 0 Å². The van der Waals surface area contributed by atoms with Crippen LogP contribution in [-0.2, 0) is 0 Å². The molecule has 1 fully saturated rings. The highest BCUT2D eigenvalue weighted by Crippen LogP contribution is 2.17. The lowest BCUT2D eigenvalue weighted by Crippen LogP contribution is -2.33. The Morgan fingerprint density at radius 1 is 1.29 bits per heavy atom. The molecule has 0 N–H and O–H groups in total. The van der Waals surface area contributed by atoms with Crippen LogP contribution in [0, 0.1) is 6.92 Å². The van der Waals surface area contributed by atoms with Crippen molar-refractivity contribution in [1.82, 2.24) is 9.88 Å². The van der Waals surface area contributed by atoms with E-state index in [0.717, 1.165) is 29.2 Å². The Hall–Kier alpha value is -0.610. The topological polar surface area (TPSA) is 25.4 Å². The molecule has 94 valence electrons. The van der Waals surface area contributed by atoms with E-state index < -0.39 is 0 Å².